The summed E-state index contributed by atoms with van der Waals surface area (Å²) in [4.78, 5) is 0. The fraction of sp³-hybridized carbons (Fsp3) is 0.788. The smallest absolute Gasteiger partial charge is 0.119 e. The summed E-state index contributed by atoms with van der Waals surface area (Å²) in [5.41, 5.74) is 1.83. The van der Waals surface area contributed by atoms with Crippen molar-refractivity contribution in [3.63, 3.8) is 0 Å². The van der Waals surface area contributed by atoms with Crippen LogP contribution >= 0.6 is 0 Å². The van der Waals surface area contributed by atoms with E-state index in [9.17, 15) is 5.26 Å². The molecule has 1 aromatic carbocycles. The van der Waals surface area contributed by atoms with Gasteiger partial charge in [0.05, 0.1) is 18.6 Å². The van der Waals surface area contributed by atoms with Gasteiger partial charge in [-0.25, -0.2) is 0 Å². The fourth-order valence-corrected chi connectivity index (χ4v) is 7.21. The zero-order valence-corrected chi connectivity index (χ0v) is 23.1. The van der Waals surface area contributed by atoms with Gasteiger partial charge in [-0.2, -0.15) is 5.26 Å². The fourth-order valence-electron chi connectivity index (χ4n) is 7.21. The van der Waals surface area contributed by atoms with E-state index in [1.165, 1.54) is 121 Å². The van der Waals surface area contributed by atoms with Crippen LogP contribution in [0.4, 0.5) is 0 Å². The standard InChI is InChI=1S/C33H53NO/c1-3-5-7-8-16-26-35-31-19-17-29(18-20-31)33(24-14-10-15-25-33)30(28-34)27-32(21-11-6-4-2)22-12-9-13-23-32/h17-20,30H,3-16,21-27H2,1-2H3. The van der Waals surface area contributed by atoms with Gasteiger partial charge in [-0.3, -0.25) is 0 Å². The first-order valence-corrected chi connectivity index (χ1v) is 15.3. The van der Waals surface area contributed by atoms with Crippen molar-refractivity contribution in [2.75, 3.05) is 6.61 Å². The van der Waals surface area contributed by atoms with Crippen LogP contribution in [0, 0.1) is 22.7 Å². The summed E-state index contributed by atoms with van der Waals surface area (Å²) >= 11 is 0. The third-order valence-electron chi connectivity index (χ3n) is 9.38. The molecule has 0 aliphatic heterocycles. The van der Waals surface area contributed by atoms with Gasteiger partial charge in [0.1, 0.15) is 5.75 Å². The minimum Gasteiger partial charge on any atom is -0.494 e. The van der Waals surface area contributed by atoms with E-state index in [1.54, 1.807) is 0 Å². The Labute approximate surface area is 217 Å². The van der Waals surface area contributed by atoms with E-state index in [1.807, 2.05) is 0 Å². The van der Waals surface area contributed by atoms with Gasteiger partial charge < -0.3 is 4.74 Å². The molecular weight excluding hydrogens is 426 g/mol. The van der Waals surface area contributed by atoms with Gasteiger partial charge in [0.2, 0.25) is 0 Å². The maximum absolute atomic E-state index is 10.6. The van der Waals surface area contributed by atoms with Gasteiger partial charge in [-0.1, -0.05) is 109 Å². The van der Waals surface area contributed by atoms with Gasteiger partial charge in [0.15, 0.2) is 0 Å². The number of ether oxygens (including phenoxy) is 1. The van der Waals surface area contributed by atoms with Crippen molar-refractivity contribution < 1.29 is 4.74 Å². The molecule has 1 unspecified atom stereocenters. The lowest BCUT2D eigenvalue weighted by Crippen LogP contribution is -2.40. The van der Waals surface area contributed by atoms with Crippen LogP contribution in [0.5, 0.6) is 5.75 Å². The Morgan fingerprint density at radius 2 is 1.37 bits per heavy atom. The highest BCUT2D eigenvalue weighted by Crippen LogP contribution is 2.53. The molecule has 0 spiro atoms. The molecule has 0 heterocycles. The first-order chi connectivity index (χ1) is 17.2. The molecule has 196 valence electrons. The van der Waals surface area contributed by atoms with Crippen LogP contribution in [-0.4, -0.2) is 6.61 Å². The molecule has 2 heteroatoms. The highest BCUT2D eigenvalue weighted by Gasteiger charge is 2.45. The Hall–Kier alpha value is -1.49. The number of benzene rings is 1. The zero-order valence-electron chi connectivity index (χ0n) is 23.1. The summed E-state index contributed by atoms with van der Waals surface area (Å²) in [5, 5.41) is 10.6. The van der Waals surface area contributed by atoms with Crippen molar-refractivity contribution in [2.24, 2.45) is 11.3 Å². The van der Waals surface area contributed by atoms with Crippen molar-refractivity contribution in [2.45, 2.75) is 148 Å². The second kappa shape index (κ2) is 14.9. The molecule has 0 amide bonds. The Morgan fingerprint density at radius 1 is 0.771 bits per heavy atom. The van der Waals surface area contributed by atoms with Crippen LogP contribution in [0.15, 0.2) is 24.3 Å². The Kier molecular flexibility index (Phi) is 12.0. The number of hydrogen-bond donors (Lipinski definition) is 0. The lowest BCUT2D eigenvalue weighted by atomic mass is 9.56. The number of nitrogens with zero attached hydrogens (tertiary/aromatic N) is 1. The van der Waals surface area contributed by atoms with Gasteiger partial charge >= 0.3 is 0 Å². The minimum absolute atomic E-state index is 0.0287. The Balaban J connectivity index is 1.72. The van der Waals surface area contributed by atoms with Gasteiger partial charge in [0.25, 0.3) is 0 Å². The van der Waals surface area contributed by atoms with Crippen molar-refractivity contribution in [1.29, 1.82) is 5.26 Å². The summed E-state index contributed by atoms with van der Waals surface area (Å²) in [5.74, 6) is 1.12. The average molecular weight is 480 g/mol. The largest absolute Gasteiger partial charge is 0.494 e. The molecule has 0 N–H and O–H groups in total. The molecule has 0 saturated heterocycles. The molecule has 1 atom stereocenters. The van der Waals surface area contributed by atoms with E-state index in [2.05, 4.69) is 44.2 Å². The maximum Gasteiger partial charge on any atom is 0.119 e. The summed E-state index contributed by atoms with van der Waals surface area (Å²) in [7, 11) is 0. The lowest BCUT2D eigenvalue weighted by molar-refractivity contribution is 0.0968. The molecule has 2 fully saturated rings. The molecule has 2 saturated carbocycles. The quantitative estimate of drug-likeness (QED) is 0.234. The lowest BCUT2D eigenvalue weighted by Gasteiger charge is -2.47. The molecule has 35 heavy (non-hydrogen) atoms. The van der Waals surface area contributed by atoms with Crippen LogP contribution in [0.25, 0.3) is 0 Å². The van der Waals surface area contributed by atoms with E-state index in [4.69, 9.17) is 4.74 Å². The molecule has 0 bridgehead atoms. The van der Waals surface area contributed by atoms with Gasteiger partial charge in [-0.05, 0) is 68.1 Å². The predicted molar refractivity (Wildman–Crippen MR) is 149 cm³/mol. The first-order valence-electron chi connectivity index (χ1n) is 15.3. The second-order valence-corrected chi connectivity index (χ2v) is 11.9. The van der Waals surface area contributed by atoms with E-state index in [0.717, 1.165) is 25.2 Å². The van der Waals surface area contributed by atoms with E-state index in [-0.39, 0.29) is 11.3 Å². The molecule has 2 aliphatic rings. The molecule has 1 aromatic rings. The summed E-state index contributed by atoms with van der Waals surface area (Å²) in [6.45, 7) is 5.38. The predicted octanol–water partition coefficient (Wildman–Crippen LogP) is 10.3. The topological polar surface area (TPSA) is 33.0 Å². The molecule has 2 nitrogen and oxygen atoms in total. The minimum atomic E-state index is 0.0287. The molecule has 3 rings (SSSR count). The summed E-state index contributed by atoms with van der Waals surface area (Å²) in [6.07, 6.45) is 25.7. The van der Waals surface area contributed by atoms with E-state index >= 15 is 0 Å². The van der Waals surface area contributed by atoms with Crippen LogP contribution in [0.3, 0.4) is 0 Å². The molecule has 0 aromatic heterocycles. The summed E-state index contributed by atoms with van der Waals surface area (Å²) in [6, 6.07) is 11.9. The number of unbranched alkanes of at least 4 members (excludes halogenated alkanes) is 6. The monoisotopic (exact) mass is 479 g/mol. The number of hydrogen-bond acceptors (Lipinski definition) is 2. The van der Waals surface area contributed by atoms with E-state index < -0.39 is 0 Å². The van der Waals surface area contributed by atoms with Gasteiger partial charge in [0, 0.05) is 5.41 Å². The normalized spacial score (nSPS) is 20.1. The average Bonchev–Trinajstić information content (AvgIpc) is 2.91. The number of rotatable bonds is 15. The van der Waals surface area contributed by atoms with Crippen LogP contribution < -0.4 is 4.74 Å². The van der Waals surface area contributed by atoms with Crippen LogP contribution in [0.2, 0.25) is 0 Å². The highest BCUT2D eigenvalue weighted by molar-refractivity contribution is 5.35. The Bertz CT molecular complexity index is 733. The summed E-state index contributed by atoms with van der Waals surface area (Å²) < 4.78 is 6.08. The molecule has 0 radical (unpaired) electrons. The Morgan fingerprint density at radius 3 is 2.00 bits per heavy atom. The molecule has 2 aliphatic carbocycles. The first kappa shape index (κ1) is 28.1. The molecular formula is C33H53NO. The number of nitriles is 1. The van der Waals surface area contributed by atoms with Crippen LogP contribution in [0.1, 0.15) is 148 Å². The zero-order chi connectivity index (χ0) is 24.8. The van der Waals surface area contributed by atoms with Crippen molar-refractivity contribution >= 4 is 0 Å². The van der Waals surface area contributed by atoms with E-state index in [0.29, 0.717) is 5.41 Å². The third-order valence-corrected chi connectivity index (χ3v) is 9.38. The van der Waals surface area contributed by atoms with Crippen LogP contribution in [-0.2, 0) is 5.41 Å². The maximum atomic E-state index is 10.6. The second-order valence-electron chi connectivity index (χ2n) is 11.9. The SMILES string of the molecule is CCCCCCCOc1ccc(C2(C(C#N)CC3(CCCCC)CCCCC3)CCCCC2)cc1. The van der Waals surface area contributed by atoms with Crippen molar-refractivity contribution in [3.05, 3.63) is 29.8 Å². The van der Waals surface area contributed by atoms with Crippen molar-refractivity contribution in [3.8, 4) is 11.8 Å². The van der Waals surface area contributed by atoms with Gasteiger partial charge in [-0.15, -0.1) is 0 Å². The third kappa shape index (κ3) is 8.00. The highest BCUT2D eigenvalue weighted by atomic mass is 16.5. The van der Waals surface area contributed by atoms with Crippen molar-refractivity contribution in [1.82, 2.24) is 0 Å².